The van der Waals surface area contributed by atoms with Gasteiger partial charge in [0.1, 0.15) is 0 Å². The summed E-state index contributed by atoms with van der Waals surface area (Å²) in [5.41, 5.74) is 11.3. The maximum atomic E-state index is 13.2. The number of allylic oxidation sites excluding steroid dienone is 1. The van der Waals surface area contributed by atoms with E-state index in [9.17, 15) is 19.5 Å². The zero-order valence-electron chi connectivity index (χ0n) is 29.1. The Morgan fingerprint density at radius 1 is 0.755 bits per heavy atom. The van der Waals surface area contributed by atoms with Crippen molar-refractivity contribution >= 4 is 58.0 Å². The van der Waals surface area contributed by atoms with Crippen LogP contribution in [0.5, 0.6) is 0 Å². The Morgan fingerprint density at radius 3 is 2.15 bits per heavy atom. The van der Waals surface area contributed by atoms with Gasteiger partial charge in [0.25, 0.3) is 0 Å². The quantitative estimate of drug-likeness (QED) is 0.101. The number of nitrogens with zero attached hydrogens (tertiary/aromatic N) is 1. The third-order valence-corrected chi connectivity index (χ3v) is 12.1. The van der Waals surface area contributed by atoms with Gasteiger partial charge in [-0.1, -0.05) is 85.3 Å². The highest BCUT2D eigenvalue weighted by Crippen LogP contribution is 2.53. The number of fused-ring (bicyclic) bond motifs is 4. The zero-order chi connectivity index (χ0) is 36.2. The number of aryl methyl sites for hydroxylation is 1. The molecule has 6 aromatic rings. The number of anilines is 2. The molecule has 5 nitrogen and oxygen atoms in total. The molecule has 1 fully saturated rings. The molecular formula is C47H35NO4S. The zero-order valence-corrected chi connectivity index (χ0v) is 29.9. The van der Waals surface area contributed by atoms with Crippen LogP contribution < -0.4 is 4.90 Å². The van der Waals surface area contributed by atoms with E-state index in [0.29, 0.717) is 12.0 Å². The van der Waals surface area contributed by atoms with Crippen molar-refractivity contribution < 1.29 is 19.5 Å². The van der Waals surface area contributed by atoms with Gasteiger partial charge < -0.3 is 10.0 Å². The largest absolute Gasteiger partial charge is 0.478 e. The monoisotopic (exact) mass is 709 g/mol. The first kappa shape index (κ1) is 32.8. The molecule has 6 heteroatoms. The van der Waals surface area contributed by atoms with Crippen LogP contribution in [-0.4, -0.2) is 28.7 Å². The van der Waals surface area contributed by atoms with Gasteiger partial charge in [0.2, 0.25) is 0 Å². The number of ketones is 2. The highest BCUT2D eigenvalue weighted by atomic mass is 32.1. The van der Waals surface area contributed by atoms with Crippen LogP contribution in [0.2, 0.25) is 0 Å². The summed E-state index contributed by atoms with van der Waals surface area (Å²) in [6, 6.07) is 43.4. The molecule has 1 aromatic heterocycles. The van der Waals surface area contributed by atoms with E-state index in [-0.39, 0.29) is 28.0 Å². The van der Waals surface area contributed by atoms with E-state index < -0.39 is 11.8 Å². The van der Waals surface area contributed by atoms with Gasteiger partial charge in [-0.3, -0.25) is 9.59 Å². The molecule has 258 valence electrons. The molecule has 0 bridgehead atoms. The van der Waals surface area contributed by atoms with E-state index in [4.69, 9.17) is 0 Å². The van der Waals surface area contributed by atoms with Crippen LogP contribution in [0.25, 0.3) is 28.2 Å². The average Bonchev–Trinajstić information content (AvgIpc) is 3.94. The topological polar surface area (TPSA) is 74.7 Å². The molecule has 0 saturated heterocycles. The Hall–Kier alpha value is -6.11. The summed E-state index contributed by atoms with van der Waals surface area (Å²) in [5.74, 6) is -1.47. The van der Waals surface area contributed by atoms with Crippen molar-refractivity contribution in [1.82, 2.24) is 0 Å². The number of Topliss-reactive ketones (excluding diaryl/α,β-unsaturated/α-hetero) is 2. The van der Waals surface area contributed by atoms with Crippen LogP contribution in [0, 0.1) is 6.92 Å². The molecule has 1 saturated carbocycles. The number of hydrogen-bond donors (Lipinski definition) is 1. The van der Waals surface area contributed by atoms with Gasteiger partial charge in [-0.2, -0.15) is 0 Å². The van der Waals surface area contributed by atoms with Gasteiger partial charge in [0.05, 0.1) is 11.1 Å². The molecule has 2 heterocycles. The van der Waals surface area contributed by atoms with Gasteiger partial charge in [-0.15, -0.1) is 11.3 Å². The highest BCUT2D eigenvalue weighted by molar-refractivity contribution is 7.16. The predicted octanol–water partition coefficient (Wildman–Crippen LogP) is 11.3. The molecule has 0 amide bonds. The molecule has 2 aliphatic carbocycles. The fourth-order valence-electron chi connectivity index (χ4n) is 8.39. The first-order chi connectivity index (χ1) is 25.8. The number of rotatable bonds is 7. The molecule has 2 unspecified atom stereocenters. The number of benzene rings is 5. The van der Waals surface area contributed by atoms with Crippen molar-refractivity contribution in [2.75, 3.05) is 4.90 Å². The van der Waals surface area contributed by atoms with Crippen LogP contribution in [0.15, 0.2) is 133 Å². The third-order valence-electron chi connectivity index (χ3n) is 10.9. The highest BCUT2D eigenvalue weighted by Gasteiger charge is 2.42. The Labute approximate surface area is 312 Å². The third kappa shape index (κ3) is 5.76. The Bertz CT molecular complexity index is 2470. The van der Waals surface area contributed by atoms with Gasteiger partial charge in [0.15, 0.2) is 11.6 Å². The molecule has 0 radical (unpaired) electrons. The summed E-state index contributed by atoms with van der Waals surface area (Å²) >= 11 is 1.57. The molecular weight excluding hydrogens is 675 g/mol. The summed E-state index contributed by atoms with van der Waals surface area (Å²) in [6.07, 6.45) is 7.44. The van der Waals surface area contributed by atoms with E-state index >= 15 is 0 Å². The summed E-state index contributed by atoms with van der Waals surface area (Å²) in [4.78, 5) is 42.4. The maximum Gasteiger partial charge on any atom is 0.335 e. The molecule has 1 N–H and O–H groups in total. The number of hydrogen-bond acceptors (Lipinski definition) is 5. The van der Waals surface area contributed by atoms with Crippen LogP contribution in [0.1, 0.15) is 88.9 Å². The Kier molecular flexibility index (Phi) is 8.13. The standard InChI is InChI=1S/C47H35NO4S/c1-28-23-35(27-41-44(49)37-21-17-33(47(51)52)26-40(37)45(41)50)53-46(28)32-18-22-43-39(25-32)36-13-8-14-42(36)48(43)34-19-15-29(16-20-34)24-38(30-9-4-2-5-10-30)31-11-6-3-7-12-31/h2-7,9-12,15-27,36,42H,8,13-14H2,1H3,(H,51,52)/b41-27+. The van der Waals surface area contributed by atoms with Crippen LogP contribution in [0.3, 0.4) is 0 Å². The number of thiophene rings is 1. The first-order valence-electron chi connectivity index (χ1n) is 18.0. The molecule has 0 spiro atoms. The normalized spacial score (nSPS) is 17.9. The van der Waals surface area contributed by atoms with Gasteiger partial charge in [-0.05, 0) is 119 Å². The van der Waals surface area contributed by atoms with E-state index in [1.807, 2.05) is 6.07 Å². The summed E-state index contributed by atoms with van der Waals surface area (Å²) in [6.45, 7) is 2.06. The Balaban J connectivity index is 1.01. The minimum Gasteiger partial charge on any atom is -0.478 e. The fraction of sp³-hybridized carbons (Fsp3) is 0.128. The van der Waals surface area contributed by atoms with E-state index in [0.717, 1.165) is 39.3 Å². The van der Waals surface area contributed by atoms with Crippen molar-refractivity contribution in [3.63, 3.8) is 0 Å². The second-order valence-electron chi connectivity index (χ2n) is 14.1. The summed E-state index contributed by atoms with van der Waals surface area (Å²) in [7, 11) is 0. The molecule has 5 aromatic carbocycles. The predicted molar refractivity (Wildman–Crippen MR) is 213 cm³/mol. The second-order valence-corrected chi connectivity index (χ2v) is 15.2. The first-order valence-corrected chi connectivity index (χ1v) is 18.8. The van der Waals surface area contributed by atoms with Crippen molar-refractivity contribution in [2.24, 2.45) is 0 Å². The molecule has 1 aliphatic heterocycles. The van der Waals surface area contributed by atoms with Crippen molar-refractivity contribution in [3.05, 3.63) is 182 Å². The number of carbonyl (C=O) groups excluding carboxylic acids is 2. The summed E-state index contributed by atoms with van der Waals surface area (Å²) < 4.78 is 0. The maximum absolute atomic E-state index is 13.2. The lowest BCUT2D eigenvalue weighted by molar-refractivity contribution is 0.0696. The molecule has 9 rings (SSSR count). The second kappa shape index (κ2) is 13.1. The number of carbonyl (C=O) groups is 3. The van der Waals surface area contributed by atoms with E-state index in [2.05, 4.69) is 121 Å². The number of carboxylic acid groups (broad SMARTS) is 1. The minimum absolute atomic E-state index is 0.00878. The Morgan fingerprint density at radius 2 is 1.45 bits per heavy atom. The van der Waals surface area contributed by atoms with E-state index in [1.54, 1.807) is 17.4 Å². The SMILES string of the molecule is Cc1cc(/C=C2\C(=O)c3ccc(C(=O)O)cc3C2=O)sc1-c1ccc2c(c1)C1CCCC1N2c1ccc(C=C(c2ccccc2)c2ccccc2)cc1. The fourth-order valence-corrected chi connectivity index (χ4v) is 9.51. The number of carboxylic acids is 1. The lowest BCUT2D eigenvalue weighted by Crippen LogP contribution is -2.26. The van der Waals surface area contributed by atoms with Crippen molar-refractivity contribution in [2.45, 2.75) is 38.1 Å². The van der Waals surface area contributed by atoms with Crippen LogP contribution in [0.4, 0.5) is 11.4 Å². The smallest absolute Gasteiger partial charge is 0.335 e. The lowest BCUT2D eigenvalue weighted by Gasteiger charge is -2.27. The number of aromatic carboxylic acids is 1. The lowest BCUT2D eigenvalue weighted by atomic mass is 9.95. The molecule has 3 aliphatic rings. The van der Waals surface area contributed by atoms with Crippen molar-refractivity contribution in [1.29, 1.82) is 0 Å². The van der Waals surface area contributed by atoms with Gasteiger partial charge >= 0.3 is 5.97 Å². The molecule has 2 atom stereocenters. The van der Waals surface area contributed by atoms with Gasteiger partial charge in [0, 0.05) is 44.2 Å². The van der Waals surface area contributed by atoms with Gasteiger partial charge in [-0.25, -0.2) is 4.79 Å². The molecule has 53 heavy (non-hydrogen) atoms. The van der Waals surface area contributed by atoms with E-state index in [1.165, 1.54) is 58.3 Å². The van der Waals surface area contributed by atoms with Crippen LogP contribution >= 0.6 is 11.3 Å². The minimum atomic E-state index is -1.13. The van der Waals surface area contributed by atoms with Crippen LogP contribution in [-0.2, 0) is 0 Å². The summed E-state index contributed by atoms with van der Waals surface area (Å²) in [5, 5.41) is 9.38. The van der Waals surface area contributed by atoms with Crippen molar-refractivity contribution in [3.8, 4) is 10.4 Å². The average molecular weight is 710 g/mol.